The van der Waals surface area contributed by atoms with Gasteiger partial charge in [0.1, 0.15) is 5.82 Å². The zero-order valence-corrected chi connectivity index (χ0v) is 14.5. The van der Waals surface area contributed by atoms with Crippen molar-refractivity contribution in [3.8, 4) is 0 Å². The van der Waals surface area contributed by atoms with Crippen LogP contribution < -0.4 is 5.32 Å². The molecule has 1 amide bonds. The van der Waals surface area contributed by atoms with Crippen molar-refractivity contribution >= 4 is 35.0 Å². The van der Waals surface area contributed by atoms with Gasteiger partial charge in [0.15, 0.2) is 0 Å². The fourth-order valence-electron chi connectivity index (χ4n) is 2.52. The van der Waals surface area contributed by atoms with Gasteiger partial charge in [-0.3, -0.25) is 4.79 Å². The number of hydrogen-bond acceptors (Lipinski definition) is 3. The highest BCUT2D eigenvalue weighted by Gasteiger charge is 2.18. The van der Waals surface area contributed by atoms with Gasteiger partial charge in [-0.25, -0.2) is 4.39 Å². The van der Waals surface area contributed by atoms with E-state index in [-0.39, 0.29) is 22.7 Å². The SMILES string of the molecule is O=C(Nc1ccc(Cl)cc1F)c1ccccc1SC[C@@H]1CCCO1. The molecule has 2 aromatic carbocycles. The molecule has 24 heavy (non-hydrogen) atoms. The molecule has 0 bridgehead atoms. The number of halogens is 2. The van der Waals surface area contributed by atoms with Crippen LogP contribution in [0.1, 0.15) is 23.2 Å². The van der Waals surface area contributed by atoms with Crippen LogP contribution >= 0.6 is 23.4 Å². The second-order valence-corrected chi connectivity index (χ2v) is 7.02. The van der Waals surface area contributed by atoms with Gasteiger partial charge in [0, 0.05) is 22.3 Å². The third-order valence-electron chi connectivity index (χ3n) is 3.76. The lowest BCUT2D eigenvalue weighted by atomic mass is 10.2. The summed E-state index contributed by atoms with van der Waals surface area (Å²) in [4.78, 5) is 13.4. The van der Waals surface area contributed by atoms with E-state index in [2.05, 4.69) is 5.32 Å². The Hall–Kier alpha value is -1.56. The molecule has 1 aliphatic rings. The molecule has 3 nitrogen and oxygen atoms in total. The van der Waals surface area contributed by atoms with Gasteiger partial charge in [-0.05, 0) is 43.2 Å². The monoisotopic (exact) mass is 365 g/mol. The molecule has 2 aromatic rings. The van der Waals surface area contributed by atoms with Crippen LogP contribution in [0.5, 0.6) is 0 Å². The van der Waals surface area contributed by atoms with Crippen molar-refractivity contribution in [1.82, 2.24) is 0 Å². The van der Waals surface area contributed by atoms with Crippen molar-refractivity contribution in [3.05, 3.63) is 58.9 Å². The highest BCUT2D eigenvalue weighted by molar-refractivity contribution is 7.99. The quantitative estimate of drug-likeness (QED) is 0.757. The standard InChI is InChI=1S/C18H17ClFNO2S/c19-12-7-8-16(15(20)10-12)21-18(22)14-5-1-2-6-17(14)24-11-13-4-3-9-23-13/h1-2,5-8,10,13H,3-4,9,11H2,(H,21,22)/t13-/m0/s1. The summed E-state index contributed by atoms with van der Waals surface area (Å²) in [6, 6.07) is 11.5. The first-order valence-corrected chi connectivity index (χ1v) is 9.09. The first kappa shape index (κ1) is 17.3. The second kappa shape index (κ2) is 8.01. The van der Waals surface area contributed by atoms with Crippen LogP contribution in [0.15, 0.2) is 47.4 Å². The lowest BCUT2D eigenvalue weighted by molar-refractivity contribution is 0.102. The molecule has 1 atom stereocenters. The van der Waals surface area contributed by atoms with Gasteiger partial charge in [-0.1, -0.05) is 23.7 Å². The summed E-state index contributed by atoms with van der Waals surface area (Å²) in [5.74, 6) is -0.0911. The number of amides is 1. The van der Waals surface area contributed by atoms with E-state index in [1.165, 1.54) is 12.1 Å². The summed E-state index contributed by atoms with van der Waals surface area (Å²) in [5.41, 5.74) is 0.637. The number of benzene rings is 2. The van der Waals surface area contributed by atoms with Gasteiger partial charge in [-0.15, -0.1) is 11.8 Å². The van der Waals surface area contributed by atoms with Gasteiger partial charge >= 0.3 is 0 Å². The number of rotatable bonds is 5. The lowest BCUT2D eigenvalue weighted by Crippen LogP contribution is -2.15. The van der Waals surface area contributed by atoms with Crippen molar-refractivity contribution in [2.75, 3.05) is 17.7 Å². The summed E-state index contributed by atoms with van der Waals surface area (Å²) in [7, 11) is 0. The van der Waals surface area contributed by atoms with Crippen LogP contribution in [0.2, 0.25) is 5.02 Å². The molecular weight excluding hydrogens is 349 g/mol. The minimum absolute atomic E-state index is 0.114. The molecule has 126 valence electrons. The molecule has 0 spiro atoms. The van der Waals surface area contributed by atoms with Gasteiger partial charge < -0.3 is 10.1 Å². The second-order valence-electron chi connectivity index (χ2n) is 5.52. The average molecular weight is 366 g/mol. The highest BCUT2D eigenvalue weighted by Crippen LogP contribution is 2.28. The summed E-state index contributed by atoms with van der Waals surface area (Å²) in [5, 5.41) is 2.89. The average Bonchev–Trinajstić information content (AvgIpc) is 3.09. The number of nitrogens with one attached hydrogen (secondary N) is 1. The van der Waals surface area contributed by atoms with E-state index in [4.69, 9.17) is 16.3 Å². The van der Waals surface area contributed by atoms with Crippen molar-refractivity contribution in [1.29, 1.82) is 0 Å². The molecule has 1 heterocycles. The third kappa shape index (κ3) is 4.29. The molecule has 0 unspecified atom stereocenters. The van der Waals surface area contributed by atoms with Crippen molar-refractivity contribution in [3.63, 3.8) is 0 Å². The number of carbonyl (C=O) groups is 1. The Bertz CT molecular complexity index is 735. The van der Waals surface area contributed by atoms with Gasteiger partial charge in [0.25, 0.3) is 5.91 Å². The van der Waals surface area contributed by atoms with E-state index in [1.54, 1.807) is 30.0 Å². The molecule has 1 saturated heterocycles. The fraction of sp³-hybridized carbons (Fsp3) is 0.278. The number of hydrogen-bond donors (Lipinski definition) is 1. The molecule has 0 radical (unpaired) electrons. The van der Waals surface area contributed by atoms with Crippen molar-refractivity contribution < 1.29 is 13.9 Å². The van der Waals surface area contributed by atoms with E-state index in [9.17, 15) is 9.18 Å². The zero-order valence-electron chi connectivity index (χ0n) is 12.9. The zero-order chi connectivity index (χ0) is 16.9. The number of ether oxygens (including phenoxy) is 1. The van der Waals surface area contributed by atoms with E-state index >= 15 is 0 Å². The number of thioether (sulfide) groups is 1. The van der Waals surface area contributed by atoms with Crippen molar-refractivity contribution in [2.45, 2.75) is 23.8 Å². The van der Waals surface area contributed by atoms with Crippen LogP contribution in [0.3, 0.4) is 0 Å². The lowest BCUT2D eigenvalue weighted by Gasteiger charge is -2.12. The Morgan fingerprint density at radius 3 is 2.92 bits per heavy atom. The van der Waals surface area contributed by atoms with Crippen LogP contribution in [-0.2, 0) is 4.74 Å². The first-order valence-electron chi connectivity index (χ1n) is 7.73. The predicted octanol–water partition coefficient (Wildman–Crippen LogP) is 5.00. The largest absolute Gasteiger partial charge is 0.377 e. The Kier molecular flexibility index (Phi) is 5.76. The maximum atomic E-state index is 13.9. The minimum atomic E-state index is -0.555. The van der Waals surface area contributed by atoms with E-state index in [1.807, 2.05) is 12.1 Å². The summed E-state index contributed by atoms with van der Waals surface area (Å²) in [6.07, 6.45) is 2.38. The third-order valence-corrected chi connectivity index (χ3v) is 5.20. The maximum absolute atomic E-state index is 13.9. The van der Waals surface area contributed by atoms with E-state index in [0.29, 0.717) is 5.56 Å². The fourth-order valence-corrected chi connectivity index (χ4v) is 3.80. The normalized spacial score (nSPS) is 17.0. The van der Waals surface area contributed by atoms with Gasteiger partial charge in [0.2, 0.25) is 0 Å². The molecule has 0 aliphatic carbocycles. The summed E-state index contributed by atoms with van der Waals surface area (Å²) >= 11 is 7.32. The number of anilines is 1. The molecule has 1 fully saturated rings. The number of carbonyl (C=O) groups excluding carboxylic acids is 1. The Morgan fingerprint density at radius 1 is 1.33 bits per heavy atom. The van der Waals surface area contributed by atoms with E-state index < -0.39 is 5.82 Å². The van der Waals surface area contributed by atoms with Gasteiger partial charge in [-0.2, -0.15) is 0 Å². The van der Waals surface area contributed by atoms with Crippen molar-refractivity contribution in [2.24, 2.45) is 0 Å². The first-order chi connectivity index (χ1) is 11.6. The Morgan fingerprint density at radius 2 is 2.17 bits per heavy atom. The Balaban J connectivity index is 1.72. The van der Waals surface area contributed by atoms with Crippen LogP contribution in [0, 0.1) is 5.82 Å². The van der Waals surface area contributed by atoms with Crippen LogP contribution in [0.25, 0.3) is 0 Å². The van der Waals surface area contributed by atoms with Gasteiger partial charge in [0.05, 0.1) is 17.4 Å². The summed E-state index contributed by atoms with van der Waals surface area (Å²) in [6.45, 7) is 0.809. The maximum Gasteiger partial charge on any atom is 0.256 e. The van der Waals surface area contributed by atoms with Crippen LogP contribution in [0.4, 0.5) is 10.1 Å². The van der Waals surface area contributed by atoms with Crippen LogP contribution in [-0.4, -0.2) is 24.4 Å². The summed E-state index contributed by atoms with van der Waals surface area (Å²) < 4.78 is 19.5. The highest BCUT2D eigenvalue weighted by atomic mass is 35.5. The van der Waals surface area contributed by atoms with E-state index in [0.717, 1.165) is 30.1 Å². The predicted molar refractivity (Wildman–Crippen MR) is 95.5 cm³/mol. The molecule has 0 saturated carbocycles. The molecule has 1 aliphatic heterocycles. The molecule has 3 rings (SSSR count). The smallest absolute Gasteiger partial charge is 0.256 e. The molecule has 0 aromatic heterocycles. The Labute approximate surface area is 149 Å². The molecule has 1 N–H and O–H groups in total. The topological polar surface area (TPSA) is 38.3 Å². The molecular formula is C18H17ClFNO2S. The molecule has 6 heteroatoms. The minimum Gasteiger partial charge on any atom is -0.377 e.